The molecule has 4 nitrogen and oxygen atoms in total. The Morgan fingerprint density at radius 2 is 2.08 bits per heavy atom. The predicted octanol–water partition coefficient (Wildman–Crippen LogP) is 3.01. The van der Waals surface area contributed by atoms with Crippen molar-refractivity contribution in [3.05, 3.63) is 51.2 Å². The molecule has 1 N–H and O–H groups in total. The SMILES string of the molecule is Cc1nc(Cc2ccc(F)cc2)sc1C(=O)NCCN(C)C1CC1. The number of rotatable bonds is 7. The zero-order valence-electron chi connectivity index (χ0n) is 14.0. The molecule has 0 spiro atoms. The molecule has 0 radical (unpaired) electrons. The summed E-state index contributed by atoms with van der Waals surface area (Å²) in [6, 6.07) is 7.09. The molecule has 0 aliphatic heterocycles. The maximum Gasteiger partial charge on any atom is 0.263 e. The number of nitrogens with zero attached hydrogens (tertiary/aromatic N) is 2. The number of nitrogens with one attached hydrogen (secondary N) is 1. The van der Waals surface area contributed by atoms with Gasteiger partial charge in [0.25, 0.3) is 5.91 Å². The minimum absolute atomic E-state index is 0.0560. The minimum Gasteiger partial charge on any atom is -0.350 e. The van der Waals surface area contributed by atoms with Gasteiger partial charge < -0.3 is 10.2 Å². The van der Waals surface area contributed by atoms with Gasteiger partial charge >= 0.3 is 0 Å². The van der Waals surface area contributed by atoms with E-state index in [2.05, 4.69) is 22.2 Å². The largest absolute Gasteiger partial charge is 0.350 e. The first kappa shape index (κ1) is 17.0. The van der Waals surface area contributed by atoms with Crippen LogP contribution in [0.1, 0.15) is 38.8 Å². The lowest BCUT2D eigenvalue weighted by atomic mass is 10.1. The van der Waals surface area contributed by atoms with Crippen LogP contribution >= 0.6 is 11.3 Å². The molecule has 24 heavy (non-hydrogen) atoms. The van der Waals surface area contributed by atoms with E-state index < -0.39 is 0 Å². The molecule has 1 saturated carbocycles. The second kappa shape index (κ2) is 7.40. The maximum absolute atomic E-state index is 13.0. The smallest absolute Gasteiger partial charge is 0.263 e. The Balaban J connectivity index is 1.56. The zero-order valence-corrected chi connectivity index (χ0v) is 14.8. The minimum atomic E-state index is -0.245. The van der Waals surface area contributed by atoms with Crippen molar-refractivity contribution < 1.29 is 9.18 Å². The van der Waals surface area contributed by atoms with Crippen molar-refractivity contribution in [2.45, 2.75) is 32.2 Å². The topological polar surface area (TPSA) is 45.2 Å². The lowest BCUT2D eigenvalue weighted by molar-refractivity contribution is 0.0952. The number of thiazole rings is 1. The first-order valence-corrected chi connectivity index (χ1v) is 9.04. The van der Waals surface area contributed by atoms with Crippen molar-refractivity contribution in [1.29, 1.82) is 0 Å². The van der Waals surface area contributed by atoms with Gasteiger partial charge in [-0.3, -0.25) is 4.79 Å². The molecule has 0 saturated heterocycles. The standard InChI is InChI=1S/C18H22FN3OS/c1-12-17(18(23)20-9-10-22(2)15-7-8-15)24-16(21-12)11-13-3-5-14(19)6-4-13/h3-6,15H,7-11H2,1-2H3,(H,20,23). The highest BCUT2D eigenvalue weighted by Crippen LogP contribution is 2.24. The molecule has 3 rings (SSSR count). The van der Waals surface area contributed by atoms with Gasteiger partial charge in [-0.1, -0.05) is 12.1 Å². The van der Waals surface area contributed by atoms with E-state index in [0.717, 1.165) is 22.8 Å². The van der Waals surface area contributed by atoms with Gasteiger partial charge in [-0.2, -0.15) is 0 Å². The number of halogens is 1. The van der Waals surface area contributed by atoms with Crippen LogP contribution in [0.2, 0.25) is 0 Å². The Labute approximate surface area is 145 Å². The summed E-state index contributed by atoms with van der Waals surface area (Å²) in [5.41, 5.74) is 1.74. The van der Waals surface area contributed by atoms with E-state index in [1.165, 1.54) is 36.3 Å². The molecule has 6 heteroatoms. The van der Waals surface area contributed by atoms with Crippen LogP contribution in [-0.2, 0) is 6.42 Å². The summed E-state index contributed by atoms with van der Waals surface area (Å²) in [4.78, 5) is 19.8. The van der Waals surface area contributed by atoms with Gasteiger partial charge in [0, 0.05) is 25.6 Å². The molecule has 0 unspecified atom stereocenters. The number of carbonyl (C=O) groups excluding carboxylic acids is 1. The van der Waals surface area contributed by atoms with Gasteiger partial charge in [-0.25, -0.2) is 9.37 Å². The van der Waals surface area contributed by atoms with Crippen LogP contribution in [0.4, 0.5) is 4.39 Å². The highest BCUT2D eigenvalue weighted by Gasteiger charge is 2.25. The third-order valence-corrected chi connectivity index (χ3v) is 5.39. The molecule has 2 aromatic rings. The molecule has 1 heterocycles. The van der Waals surface area contributed by atoms with Crippen molar-refractivity contribution in [3.63, 3.8) is 0 Å². The van der Waals surface area contributed by atoms with E-state index in [9.17, 15) is 9.18 Å². The molecule has 128 valence electrons. The molecule has 1 aliphatic carbocycles. The van der Waals surface area contributed by atoms with Gasteiger partial charge in [0.05, 0.1) is 10.7 Å². The fourth-order valence-corrected chi connectivity index (χ4v) is 3.65. The molecule has 1 aliphatic rings. The highest BCUT2D eigenvalue weighted by atomic mass is 32.1. The number of amides is 1. The molecule has 1 fully saturated rings. The van der Waals surface area contributed by atoms with E-state index in [0.29, 0.717) is 23.9 Å². The van der Waals surface area contributed by atoms with Crippen LogP contribution in [0.5, 0.6) is 0 Å². The Bertz CT molecular complexity index is 710. The summed E-state index contributed by atoms with van der Waals surface area (Å²) in [7, 11) is 2.10. The van der Waals surface area contributed by atoms with Crippen molar-refractivity contribution in [2.24, 2.45) is 0 Å². The summed E-state index contributed by atoms with van der Waals surface area (Å²) in [6.07, 6.45) is 3.15. The lowest BCUT2D eigenvalue weighted by Gasteiger charge is -2.15. The normalized spacial score (nSPS) is 14.2. The van der Waals surface area contributed by atoms with Crippen molar-refractivity contribution in [3.8, 4) is 0 Å². The zero-order chi connectivity index (χ0) is 17.1. The summed E-state index contributed by atoms with van der Waals surface area (Å²) >= 11 is 1.41. The van der Waals surface area contributed by atoms with Crippen LogP contribution < -0.4 is 5.32 Å². The molecular weight excluding hydrogens is 325 g/mol. The second-order valence-electron chi connectivity index (χ2n) is 6.29. The number of hydrogen-bond donors (Lipinski definition) is 1. The number of benzene rings is 1. The molecule has 1 aromatic carbocycles. The van der Waals surface area contributed by atoms with Crippen LogP contribution in [0.25, 0.3) is 0 Å². The van der Waals surface area contributed by atoms with Gasteiger partial charge in [0.1, 0.15) is 10.7 Å². The van der Waals surface area contributed by atoms with Gasteiger partial charge in [0.2, 0.25) is 0 Å². The number of likely N-dealkylation sites (N-methyl/N-ethyl adjacent to an activating group) is 1. The third kappa shape index (κ3) is 4.39. The monoisotopic (exact) mass is 347 g/mol. The van der Waals surface area contributed by atoms with Crippen LogP contribution in [0, 0.1) is 12.7 Å². The van der Waals surface area contributed by atoms with Gasteiger partial charge in [0.15, 0.2) is 0 Å². The van der Waals surface area contributed by atoms with Gasteiger partial charge in [-0.15, -0.1) is 11.3 Å². The number of aryl methyl sites for hydroxylation is 1. The molecule has 0 atom stereocenters. The average Bonchev–Trinajstić information content (AvgIpc) is 3.33. The van der Waals surface area contributed by atoms with E-state index in [1.54, 1.807) is 12.1 Å². The Kier molecular flexibility index (Phi) is 5.26. The number of aromatic nitrogens is 1. The molecule has 1 aromatic heterocycles. The van der Waals surface area contributed by atoms with E-state index in [4.69, 9.17) is 0 Å². The number of hydrogen-bond acceptors (Lipinski definition) is 4. The average molecular weight is 347 g/mol. The summed E-state index contributed by atoms with van der Waals surface area (Å²) in [5, 5.41) is 3.85. The van der Waals surface area contributed by atoms with Crippen molar-refractivity contribution in [2.75, 3.05) is 20.1 Å². The Hall–Kier alpha value is -1.79. The van der Waals surface area contributed by atoms with Crippen molar-refractivity contribution in [1.82, 2.24) is 15.2 Å². The fraction of sp³-hybridized carbons (Fsp3) is 0.444. The summed E-state index contributed by atoms with van der Waals surface area (Å²) < 4.78 is 13.0. The predicted molar refractivity (Wildman–Crippen MR) is 94.0 cm³/mol. The third-order valence-electron chi connectivity index (χ3n) is 4.24. The van der Waals surface area contributed by atoms with E-state index >= 15 is 0 Å². The first-order valence-electron chi connectivity index (χ1n) is 8.22. The molecule has 1 amide bonds. The second-order valence-corrected chi connectivity index (χ2v) is 7.38. The quantitative estimate of drug-likeness (QED) is 0.837. The number of carbonyl (C=O) groups is 1. The van der Waals surface area contributed by atoms with Crippen LogP contribution in [0.15, 0.2) is 24.3 Å². The summed E-state index contributed by atoms with van der Waals surface area (Å²) in [6.45, 7) is 3.38. The van der Waals surface area contributed by atoms with Crippen LogP contribution in [-0.4, -0.2) is 42.0 Å². The highest BCUT2D eigenvalue weighted by molar-refractivity contribution is 7.13. The first-order chi connectivity index (χ1) is 11.5. The Morgan fingerprint density at radius 3 is 2.75 bits per heavy atom. The Morgan fingerprint density at radius 1 is 1.38 bits per heavy atom. The fourth-order valence-electron chi connectivity index (χ4n) is 2.64. The van der Waals surface area contributed by atoms with Crippen LogP contribution in [0.3, 0.4) is 0 Å². The lowest BCUT2D eigenvalue weighted by Crippen LogP contribution is -2.33. The maximum atomic E-state index is 13.0. The van der Waals surface area contributed by atoms with E-state index in [1.807, 2.05) is 6.92 Å². The molecule has 0 bridgehead atoms. The van der Waals surface area contributed by atoms with E-state index in [-0.39, 0.29) is 11.7 Å². The van der Waals surface area contributed by atoms with Gasteiger partial charge in [-0.05, 0) is 44.5 Å². The summed E-state index contributed by atoms with van der Waals surface area (Å²) in [5.74, 6) is -0.301. The molecular formula is C18H22FN3OS. The van der Waals surface area contributed by atoms with Crippen molar-refractivity contribution >= 4 is 17.2 Å².